The normalized spacial score (nSPS) is 13.4. The van der Waals surface area contributed by atoms with Crippen molar-refractivity contribution in [3.8, 4) is 5.75 Å². The van der Waals surface area contributed by atoms with Crippen molar-refractivity contribution in [1.82, 2.24) is 15.5 Å². The molecule has 0 saturated heterocycles. The zero-order chi connectivity index (χ0) is 37.3. The van der Waals surface area contributed by atoms with Gasteiger partial charge in [0.1, 0.15) is 35.1 Å². The maximum atomic E-state index is 14.6. The van der Waals surface area contributed by atoms with Crippen molar-refractivity contribution < 1.29 is 33.8 Å². The fraction of sp³-hybridized carbons (Fsp3) is 0.590. The maximum absolute atomic E-state index is 14.6. The van der Waals surface area contributed by atoms with E-state index in [2.05, 4.69) is 17.6 Å². The molecule has 0 aromatic heterocycles. The number of para-hydroxylation sites is 1. The summed E-state index contributed by atoms with van der Waals surface area (Å²) in [6, 6.07) is 12.2. The number of ether oxygens (including phenoxy) is 2. The molecular formula is C39H59N3O7S. The third-order valence-electron chi connectivity index (χ3n) is 7.72. The number of esters is 1. The molecule has 0 fully saturated rings. The van der Waals surface area contributed by atoms with Gasteiger partial charge in [0.15, 0.2) is 0 Å². The highest BCUT2D eigenvalue weighted by molar-refractivity contribution is 7.98. The van der Waals surface area contributed by atoms with Crippen LogP contribution in [-0.4, -0.2) is 75.7 Å². The van der Waals surface area contributed by atoms with E-state index in [1.54, 1.807) is 59.7 Å². The third-order valence-corrected chi connectivity index (χ3v) is 8.36. The van der Waals surface area contributed by atoms with Gasteiger partial charge < -0.3 is 30.1 Å². The fourth-order valence-electron chi connectivity index (χ4n) is 5.41. The van der Waals surface area contributed by atoms with Crippen molar-refractivity contribution in [2.24, 2.45) is 0 Å². The molecule has 3 N–H and O–H groups in total. The van der Waals surface area contributed by atoms with Crippen molar-refractivity contribution in [3.05, 3.63) is 65.7 Å². The second-order valence-corrected chi connectivity index (χ2v) is 15.5. The molecule has 0 spiro atoms. The zero-order valence-electron chi connectivity index (χ0n) is 31.3. The summed E-state index contributed by atoms with van der Waals surface area (Å²) in [6.07, 6.45) is 7.24. The molecule has 3 unspecified atom stereocenters. The summed E-state index contributed by atoms with van der Waals surface area (Å²) in [7, 11) is 0. The first-order valence-electron chi connectivity index (χ1n) is 17.7. The van der Waals surface area contributed by atoms with Crippen molar-refractivity contribution >= 4 is 35.6 Å². The van der Waals surface area contributed by atoms with Crippen LogP contribution in [0.3, 0.4) is 0 Å². The smallest absolute Gasteiger partial charge is 0.408 e. The van der Waals surface area contributed by atoms with Gasteiger partial charge in [0.2, 0.25) is 11.8 Å². The summed E-state index contributed by atoms with van der Waals surface area (Å²) in [6.45, 7) is 12.8. The lowest BCUT2D eigenvalue weighted by atomic mass is 9.99. The van der Waals surface area contributed by atoms with Gasteiger partial charge in [-0.3, -0.25) is 9.59 Å². The first-order valence-corrected chi connectivity index (χ1v) is 19.1. The summed E-state index contributed by atoms with van der Waals surface area (Å²) in [5, 5.41) is 16.7. The molecule has 11 heteroatoms. The second kappa shape index (κ2) is 20.8. The average molecular weight is 714 g/mol. The number of phenolic OH excluding ortho intramolecular Hbond substituents is 1. The monoisotopic (exact) mass is 713 g/mol. The summed E-state index contributed by atoms with van der Waals surface area (Å²) < 4.78 is 11.2. The number of nitrogens with zero attached hydrogens (tertiary/aromatic N) is 1. The van der Waals surface area contributed by atoms with Crippen molar-refractivity contribution in [2.45, 2.75) is 129 Å². The van der Waals surface area contributed by atoms with Gasteiger partial charge in [0.05, 0.1) is 0 Å². The van der Waals surface area contributed by atoms with Crippen LogP contribution >= 0.6 is 11.8 Å². The summed E-state index contributed by atoms with van der Waals surface area (Å²) in [5.41, 5.74) is -0.594. The van der Waals surface area contributed by atoms with E-state index in [0.29, 0.717) is 12.2 Å². The Kier molecular flexibility index (Phi) is 17.7. The number of thioether (sulfide) groups is 1. The fourth-order valence-corrected chi connectivity index (χ4v) is 5.88. The van der Waals surface area contributed by atoms with E-state index in [1.165, 1.54) is 22.7 Å². The van der Waals surface area contributed by atoms with E-state index in [0.717, 1.165) is 37.7 Å². The Balaban J connectivity index is 2.62. The van der Waals surface area contributed by atoms with Crippen LogP contribution in [0.1, 0.15) is 111 Å². The molecule has 0 aliphatic rings. The van der Waals surface area contributed by atoms with Gasteiger partial charge >= 0.3 is 12.1 Å². The third kappa shape index (κ3) is 15.4. The van der Waals surface area contributed by atoms with Crippen LogP contribution < -0.4 is 10.6 Å². The number of alkyl carbamates (subject to hydrolysis) is 1. The van der Waals surface area contributed by atoms with Gasteiger partial charge in [-0.2, -0.15) is 11.8 Å². The molecule has 0 saturated carbocycles. The molecule has 278 valence electrons. The summed E-state index contributed by atoms with van der Waals surface area (Å²) in [4.78, 5) is 57.2. The predicted octanol–water partition coefficient (Wildman–Crippen LogP) is 7.34. The highest BCUT2D eigenvalue weighted by atomic mass is 32.2. The molecule has 0 bridgehead atoms. The molecule has 0 aliphatic carbocycles. The molecule has 10 nitrogen and oxygen atoms in total. The average Bonchev–Trinajstić information content (AvgIpc) is 3.03. The van der Waals surface area contributed by atoms with E-state index in [1.807, 2.05) is 36.6 Å². The Morgan fingerprint density at radius 3 is 2.00 bits per heavy atom. The molecule has 0 radical (unpaired) electrons. The van der Waals surface area contributed by atoms with E-state index >= 15 is 0 Å². The number of phenols is 1. The van der Waals surface area contributed by atoms with Crippen molar-refractivity contribution in [2.75, 3.05) is 18.6 Å². The number of hydrogen-bond donors (Lipinski definition) is 3. The van der Waals surface area contributed by atoms with Gasteiger partial charge in [-0.15, -0.1) is 0 Å². The molecule has 2 rings (SSSR count). The van der Waals surface area contributed by atoms with E-state index in [4.69, 9.17) is 9.47 Å². The number of carbonyl (C=O) groups excluding carboxylic acids is 4. The molecule has 2 aromatic rings. The second-order valence-electron chi connectivity index (χ2n) is 14.5. The molecule has 3 atom stereocenters. The first-order chi connectivity index (χ1) is 23.6. The minimum absolute atomic E-state index is 0.150. The Bertz CT molecular complexity index is 1360. The van der Waals surface area contributed by atoms with Gasteiger partial charge in [-0.25, -0.2) is 9.59 Å². The number of aromatic hydroxyl groups is 1. The van der Waals surface area contributed by atoms with E-state index < -0.39 is 53.2 Å². The van der Waals surface area contributed by atoms with Gasteiger partial charge in [-0.05, 0) is 78.0 Å². The zero-order valence-corrected chi connectivity index (χ0v) is 32.1. The lowest BCUT2D eigenvalue weighted by Gasteiger charge is -2.35. The number of hydrogen-bond acceptors (Lipinski definition) is 8. The molecule has 50 heavy (non-hydrogen) atoms. The molecule has 0 heterocycles. The van der Waals surface area contributed by atoms with Crippen LogP contribution in [0.5, 0.6) is 5.75 Å². The van der Waals surface area contributed by atoms with Crippen LogP contribution in [0.15, 0.2) is 54.6 Å². The SMILES string of the molecule is CCCCCCCCN(C(=O)C(CCSC)NC(=O)OC(C)(C)C)C(C(=O)NC(Cc1ccccc1)C(=O)OC(C)(C)C)c1ccccc1O. The molecule has 2 aromatic carbocycles. The predicted molar refractivity (Wildman–Crippen MR) is 200 cm³/mol. The van der Waals surface area contributed by atoms with Crippen LogP contribution in [0, 0.1) is 0 Å². The Morgan fingerprint density at radius 1 is 0.800 bits per heavy atom. The number of nitrogens with one attached hydrogen (secondary N) is 2. The van der Waals surface area contributed by atoms with Crippen molar-refractivity contribution in [1.29, 1.82) is 0 Å². The van der Waals surface area contributed by atoms with Crippen LogP contribution in [0.25, 0.3) is 0 Å². The Hall–Kier alpha value is -3.73. The highest BCUT2D eigenvalue weighted by Gasteiger charge is 2.39. The minimum Gasteiger partial charge on any atom is -0.508 e. The number of rotatable bonds is 19. The van der Waals surface area contributed by atoms with Crippen LogP contribution in [0.2, 0.25) is 0 Å². The van der Waals surface area contributed by atoms with Crippen LogP contribution in [-0.2, 0) is 30.3 Å². The van der Waals surface area contributed by atoms with E-state index in [-0.39, 0.29) is 30.7 Å². The van der Waals surface area contributed by atoms with Gasteiger partial charge in [0, 0.05) is 18.5 Å². The quantitative estimate of drug-likeness (QED) is 0.102. The molecule has 3 amide bonds. The minimum atomic E-state index is -1.32. The molecule has 0 aliphatic heterocycles. The number of unbranched alkanes of at least 4 members (excludes halogenated alkanes) is 5. The largest absolute Gasteiger partial charge is 0.508 e. The number of carbonyl (C=O) groups is 4. The lowest BCUT2D eigenvalue weighted by molar-refractivity contribution is -0.159. The molecular weight excluding hydrogens is 655 g/mol. The van der Waals surface area contributed by atoms with Crippen LogP contribution in [0.4, 0.5) is 4.79 Å². The topological polar surface area (TPSA) is 134 Å². The number of amides is 3. The highest BCUT2D eigenvalue weighted by Crippen LogP contribution is 2.31. The van der Waals surface area contributed by atoms with Gasteiger partial charge in [0.25, 0.3) is 0 Å². The Morgan fingerprint density at radius 2 is 1.40 bits per heavy atom. The standard InChI is InChI=1S/C39H59N3O7S/c1-9-10-11-12-13-19-25-42(35(45)30(24-26-50-8)41-37(47)49-39(5,6)7)33(29-22-17-18-23-32(29)43)34(44)40-31(36(46)48-38(2,3)4)27-28-20-15-14-16-21-28/h14-18,20-23,30-31,33,43H,9-13,19,24-27H2,1-8H3,(H,40,44)(H,41,47). The number of benzene rings is 2. The maximum Gasteiger partial charge on any atom is 0.408 e. The summed E-state index contributed by atoms with van der Waals surface area (Å²) in [5.74, 6) is -1.38. The van der Waals surface area contributed by atoms with Crippen molar-refractivity contribution in [3.63, 3.8) is 0 Å². The summed E-state index contributed by atoms with van der Waals surface area (Å²) >= 11 is 1.53. The van der Waals surface area contributed by atoms with E-state index in [9.17, 15) is 24.3 Å². The first kappa shape index (κ1) is 42.4. The Labute approximate surface area is 303 Å². The lowest BCUT2D eigenvalue weighted by Crippen LogP contribution is -2.55. The van der Waals surface area contributed by atoms with Gasteiger partial charge in [-0.1, -0.05) is 87.6 Å².